The van der Waals surface area contributed by atoms with Crippen LogP contribution in [-0.2, 0) is 4.74 Å². The molecule has 2 aliphatic heterocycles. The van der Waals surface area contributed by atoms with Gasteiger partial charge in [-0.3, -0.25) is 10.00 Å². The number of aromatic nitrogens is 3. The van der Waals surface area contributed by atoms with Gasteiger partial charge in [0.05, 0.1) is 17.1 Å². The zero-order valence-electron chi connectivity index (χ0n) is 16.9. The van der Waals surface area contributed by atoms with Crippen molar-refractivity contribution in [2.24, 2.45) is 5.92 Å². The molecule has 5 rings (SSSR count). The monoisotopic (exact) mass is 449 g/mol. The van der Waals surface area contributed by atoms with Crippen LogP contribution in [0.1, 0.15) is 31.1 Å². The van der Waals surface area contributed by atoms with Gasteiger partial charge in [0.15, 0.2) is 0 Å². The zero-order chi connectivity index (χ0) is 22.6. The summed E-state index contributed by atoms with van der Waals surface area (Å²) in [6.07, 6.45) is -6.53. The summed E-state index contributed by atoms with van der Waals surface area (Å²) in [5.41, 5.74) is 0.537. The van der Waals surface area contributed by atoms with E-state index < -0.39 is 24.2 Å². The summed E-state index contributed by atoms with van der Waals surface area (Å²) in [5, 5.41) is 10.7. The summed E-state index contributed by atoms with van der Waals surface area (Å²) in [6.45, 7) is 3.54. The highest BCUT2D eigenvalue weighted by Gasteiger charge is 2.49. The Hall–Kier alpha value is -3.21. The average molecular weight is 449 g/mol. The molecule has 1 aromatic carbocycles. The molecular formula is C21H19F4N5O2. The molecule has 3 aromatic rings. The van der Waals surface area contributed by atoms with Crippen molar-refractivity contribution >= 4 is 22.8 Å². The van der Waals surface area contributed by atoms with Crippen molar-refractivity contribution in [3.8, 4) is 11.3 Å². The van der Waals surface area contributed by atoms with E-state index in [-0.39, 0.29) is 34.6 Å². The molecule has 0 spiro atoms. The van der Waals surface area contributed by atoms with Crippen LogP contribution < -0.4 is 10.6 Å². The molecule has 7 nitrogen and oxygen atoms in total. The highest BCUT2D eigenvalue weighted by molar-refractivity contribution is 5.97. The number of alkyl halides is 3. The maximum atomic E-state index is 14.1. The van der Waals surface area contributed by atoms with Crippen LogP contribution in [0.4, 0.5) is 28.2 Å². The molecule has 3 atom stereocenters. The van der Waals surface area contributed by atoms with Crippen LogP contribution in [0.25, 0.3) is 22.2 Å². The number of carbonyl (C=O) groups is 1. The van der Waals surface area contributed by atoms with Gasteiger partial charge >= 0.3 is 12.3 Å². The number of amides is 1. The van der Waals surface area contributed by atoms with Gasteiger partial charge in [-0.15, -0.1) is 0 Å². The molecule has 11 heteroatoms. The number of rotatable bonds is 2. The summed E-state index contributed by atoms with van der Waals surface area (Å²) < 4.78 is 61.8. The molecule has 0 unspecified atom stereocenters. The average Bonchev–Trinajstić information content (AvgIpc) is 3.10. The topological polar surface area (TPSA) is 81.1 Å². The van der Waals surface area contributed by atoms with Crippen molar-refractivity contribution in [3.05, 3.63) is 41.8 Å². The molecule has 4 heterocycles. The SMILES string of the molecule is C[C@@H]1CNCC[C@@H]1n1nc(-c2ccnc3c2[C@H](C(F)(F)F)OC(=O)N3)c2ccc(F)cc21. The lowest BCUT2D eigenvalue weighted by Crippen LogP contribution is -2.36. The van der Waals surface area contributed by atoms with Gasteiger partial charge in [-0.25, -0.2) is 14.2 Å². The van der Waals surface area contributed by atoms with Gasteiger partial charge in [-0.1, -0.05) is 6.92 Å². The van der Waals surface area contributed by atoms with E-state index in [9.17, 15) is 22.4 Å². The molecule has 1 fully saturated rings. The molecule has 0 aliphatic carbocycles. The van der Waals surface area contributed by atoms with E-state index >= 15 is 0 Å². The number of benzene rings is 1. The molecule has 32 heavy (non-hydrogen) atoms. The van der Waals surface area contributed by atoms with Crippen molar-refractivity contribution < 1.29 is 27.1 Å². The van der Waals surface area contributed by atoms with Crippen LogP contribution in [0.3, 0.4) is 0 Å². The van der Waals surface area contributed by atoms with E-state index in [1.165, 1.54) is 30.5 Å². The Morgan fingerprint density at radius 2 is 2.06 bits per heavy atom. The Morgan fingerprint density at radius 1 is 1.25 bits per heavy atom. The lowest BCUT2D eigenvalue weighted by Gasteiger charge is -2.30. The quantitative estimate of drug-likeness (QED) is 0.560. The molecule has 168 valence electrons. The molecule has 1 saturated heterocycles. The van der Waals surface area contributed by atoms with E-state index in [1.807, 2.05) is 6.92 Å². The molecular weight excluding hydrogens is 430 g/mol. The van der Waals surface area contributed by atoms with E-state index in [2.05, 4.69) is 25.5 Å². The lowest BCUT2D eigenvalue weighted by atomic mass is 9.95. The number of pyridine rings is 1. The number of hydrogen-bond donors (Lipinski definition) is 2. The summed E-state index contributed by atoms with van der Waals surface area (Å²) in [7, 11) is 0. The van der Waals surface area contributed by atoms with E-state index in [0.717, 1.165) is 19.5 Å². The highest BCUT2D eigenvalue weighted by atomic mass is 19.4. The summed E-state index contributed by atoms with van der Waals surface area (Å²) >= 11 is 0. The molecule has 0 bridgehead atoms. The number of cyclic esters (lactones) is 1. The third-order valence-electron chi connectivity index (χ3n) is 5.97. The minimum Gasteiger partial charge on any atom is -0.431 e. The van der Waals surface area contributed by atoms with Gasteiger partial charge in [0.2, 0.25) is 6.10 Å². The molecule has 2 aromatic heterocycles. The molecule has 1 amide bonds. The summed E-state index contributed by atoms with van der Waals surface area (Å²) in [6, 6.07) is 5.44. The predicted octanol–water partition coefficient (Wildman–Crippen LogP) is 4.57. The first-order chi connectivity index (χ1) is 15.2. The first kappa shape index (κ1) is 20.7. The Labute approximate surface area is 179 Å². The van der Waals surface area contributed by atoms with Crippen molar-refractivity contribution in [2.75, 3.05) is 18.4 Å². The van der Waals surface area contributed by atoms with Crippen LogP contribution >= 0.6 is 0 Å². The second kappa shape index (κ2) is 7.44. The number of fused-ring (bicyclic) bond motifs is 2. The van der Waals surface area contributed by atoms with Gasteiger partial charge in [0.25, 0.3) is 0 Å². The summed E-state index contributed by atoms with van der Waals surface area (Å²) in [4.78, 5) is 15.6. The smallest absolute Gasteiger partial charge is 0.430 e. The van der Waals surface area contributed by atoms with E-state index in [4.69, 9.17) is 0 Å². The highest BCUT2D eigenvalue weighted by Crippen LogP contribution is 2.46. The normalized spacial score (nSPS) is 23.5. The molecule has 0 radical (unpaired) electrons. The lowest BCUT2D eigenvalue weighted by molar-refractivity contribution is -0.206. The van der Waals surface area contributed by atoms with Crippen molar-refractivity contribution in [1.29, 1.82) is 0 Å². The number of ether oxygens (including phenoxy) is 1. The summed E-state index contributed by atoms with van der Waals surface area (Å²) in [5.74, 6) is -0.520. The van der Waals surface area contributed by atoms with Gasteiger partial charge < -0.3 is 10.1 Å². The largest absolute Gasteiger partial charge is 0.431 e. The maximum Gasteiger partial charge on any atom is 0.430 e. The van der Waals surface area contributed by atoms with Crippen molar-refractivity contribution in [2.45, 2.75) is 31.7 Å². The van der Waals surface area contributed by atoms with E-state index in [0.29, 0.717) is 10.9 Å². The van der Waals surface area contributed by atoms with Crippen LogP contribution in [-0.4, -0.2) is 40.1 Å². The Kier molecular flexibility index (Phi) is 4.81. The minimum absolute atomic E-state index is 0.0543. The molecule has 0 saturated carbocycles. The minimum atomic E-state index is -4.85. The zero-order valence-corrected chi connectivity index (χ0v) is 16.9. The van der Waals surface area contributed by atoms with Crippen LogP contribution in [0.15, 0.2) is 30.5 Å². The van der Waals surface area contributed by atoms with Crippen molar-refractivity contribution in [3.63, 3.8) is 0 Å². The fraction of sp³-hybridized carbons (Fsp3) is 0.381. The first-order valence-electron chi connectivity index (χ1n) is 10.2. The van der Waals surface area contributed by atoms with Gasteiger partial charge in [0, 0.05) is 17.1 Å². The van der Waals surface area contributed by atoms with Crippen molar-refractivity contribution in [1.82, 2.24) is 20.1 Å². The number of carbonyl (C=O) groups excluding carboxylic acids is 1. The molecule has 2 N–H and O–H groups in total. The van der Waals surface area contributed by atoms with Gasteiger partial charge in [0.1, 0.15) is 17.3 Å². The first-order valence-corrected chi connectivity index (χ1v) is 10.2. The standard InChI is InChI=1S/C21H19F4N5O2/c1-10-9-26-6-5-14(10)30-15-8-11(22)2-3-12(15)17(29-30)13-4-7-27-19-16(13)18(21(23,24)25)32-20(31)28-19/h2-4,7-8,10,14,18,26H,5-6,9H2,1H3,(H,27,28,31)/t10-,14+,18-/m1/s1. The second-order valence-corrected chi connectivity index (χ2v) is 8.06. The number of anilines is 1. The number of halogens is 4. The van der Waals surface area contributed by atoms with Gasteiger partial charge in [-0.05, 0) is 49.7 Å². The number of piperidine rings is 1. The fourth-order valence-corrected chi connectivity index (χ4v) is 4.49. The Morgan fingerprint density at radius 3 is 2.81 bits per heavy atom. The number of nitrogens with one attached hydrogen (secondary N) is 2. The Balaban J connectivity index is 1.75. The van der Waals surface area contributed by atoms with Gasteiger partial charge in [-0.2, -0.15) is 18.3 Å². The number of nitrogens with zero attached hydrogens (tertiary/aromatic N) is 3. The third kappa shape index (κ3) is 3.36. The second-order valence-electron chi connectivity index (χ2n) is 8.06. The predicted molar refractivity (Wildman–Crippen MR) is 108 cm³/mol. The maximum absolute atomic E-state index is 14.1. The van der Waals surface area contributed by atoms with E-state index in [1.54, 1.807) is 4.68 Å². The fourth-order valence-electron chi connectivity index (χ4n) is 4.49. The third-order valence-corrected chi connectivity index (χ3v) is 5.97. The van der Waals surface area contributed by atoms with Crippen LogP contribution in [0, 0.1) is 11.7 Å². The Bertz CT molecular complexity index is 1210. The van der Waals surface area contributed by atoms with Crippen LogP contribution in [0.5, 0.6) is 0 Å². The number of hydrogen-bond acceptors (Lipinski definition) is 5. The van der Waals surface area contributed by atoms with Crippen LogP contribution in [0.2, 0.25) is 0 Å². The molecule has 2 aliphatic rings.